The van der Waals surface area contributed by atoms with E-state index in [2.05, 4.69) is 0 Å². The van der Waals surface area contributed by atoms with E-state index in [4.69, 9.17) is 5.73 Å². The molecule has 0 aromatic heterocycles. The first-order valence-electron chi connectivity index (χ1n) is 5.80. The van der Waals surface area contributed by atoms with Crippen molar-refractivity contribution >= 4 is 15.7 Å². The summed E-state index contributed by atoms with van der Waals surface area (Å²) in [6, 6.07) is 4.85. The molecule has 2 N–H and O–H groups in total. The van der Waals surface area contributed by atoms with Crippen LogP contribution in [0.15, 0.2) is 29.2 Å². The monoisotopic (exact) mass is 287 g/mol. The lowest BCUT2D eigenvalue weighted by Crippen LogP contribution is -2.28. The van der Waals surface area contributed by atoms with Crippen molar-refractivity contribution in [2.75, 3.05) is 20.1 Å². The second-order valence-electron chi connectivity index (χ2n) is 4.07. The fourth-order valence-electron chi connectivity index (χ4n) is 1.52. The molecular formula is C11H17N3O4S. The zero-order chi connectivity index (χ0) is 14.5. The van der Waals surface area contributed by atoms with Crippen molar-refractivity contribution in [3.8, 4) is 0 Å². The standard InChI is InChI=1S/C11H17N3O4S/c1-13(9-3-2-8-12)19(17,18)11-6-4-10(5-7-11)14(15)16/h4-7H,2-3,8-9,12H2,1H3. The van der Waals surface area contributed by atoms with Gasteiger partial charge in [-0.3, -0.25) is 10.1 Å². The number of nitrogens with zero attached hydrogens (tertiary/aromatic N) is 2. The molecule has 0 amide bonds. The van der Waals surface area contributed by atoms with Gasteiger partial charge < -0.3 is 5.73 Å². The van der Waals surface area contributed by atoms with Crippen molar-refractivity contribution in [2.24, 2.45) is 5.73 Å². The summed E-state index contributed by atoms with van der Waals surface area (Å²) in [5.41, 5.74) is 5.21. The van der Waals surface area contributed by atoms with E-state index in [9.17, 15) is 18.5 Å². The first-order chi connectivity index (χ1) is 8.89. The lowest BCUT2D eigenvalue weighted by molar-refractivity contribution is -0.384. The van der Waals surface area contributed by atoms with E-state index in [0.29, 0.717) is 19.5 Å². The van der Waals surface area contributed by atoms with Gasteiger partial charge in [0.1, 0.15) is 0 Å². The summed E-state index contributed by atoms with van der Waals surface area (Å²) >= 11 is 0. The van der Waals surface area contributed by atoms with Crippen LogP contribution in [0.25, 0.3) is 0 Å². The van der Waals surface area contributed by atoms with Crippen molar-refractivity contribution in [3.05, 3.63) is 34.4 Å². The first kappa shape index (κ1) is 15.5. The van der Waals surface area contributed by atoms with Crippen molar-refractivity contribution in [1.29, 1.82) is 0 Å². The Balaban J connectivity index is 2.84. The van der Waals surface area contributed by atoms with Crippen molar-refractivity contribution in [2.45, 2.75) is 17.7 Å². The lowest BCUT2D eigenvalue weighted by Gasteiger charge is -2.16. The molecule has 0 radical (unpaired) electrons. The third-order valence-electron chi connectivity index (χ3n) is 2.68. The van der Waals surface area contributed by atoms with Crippen LogP contribution in [0.3, 0.4) is 0 Å². The number of benzene rings is 1. The van der Waals surface area contributed by atoms with Crippen molar-refractivity contribution in [3.63, 3.8) is 0 Å². The molecule has 0 spiro atoms. The van der Waals surface area contributed by atoms with Crippen LogP contribution in [-0.2, 0) is 10.0 Å². The Bertz CT molecular complexity index is 527. The Morgan fingerprint density at radius 3 is 2.32 bits per heavy atom. The van der Waals surface area contributed by atoms with E-state index in [1.807, 2.05) is 0 Å². The summed E-state index contributed by atoms with van der Waals surface area (Å²) in [4.78, 5) is 9.99. The first-order valence-corrected chi connectivity index (χ1v) is 7.24. The van der Waals surface area contributed by atoms with Gasteiger partial charge in [-0.25, -0.2) is 12.7 Å². The molecule has 0 saturated heterocycles. The number of non-ortho nitro benzene ring substituents is 1. The number of unbranched alkanes of at least 4 members (excludes halogenated alkanes) is 1. The highest BCUT2D eigenvalue weighted by Gasteiger charge is 2.20. The summed E-state index contributed by atoms with van der Waals surface area (Å²) < 4.78 is 25.5. The molecule has 19 heavy (non-hydrogen) atoms. The maximum Gasteiger partial charge on any atom is 0.269 e. The molecule has 1 aromatic carbocycles. The fourth-order valence-corrected chi connectivity index (χ4v) is 2.73. The minimum Gasteiger partial charge on any atom is -0.330 e. The molecule has 0 unspecified atom stereocenters. The average molecular weight is 287 g/mol. The van der Waals surface area contributed by atoms with Crippen LogP contribution in [0.5, 0.6) is 0 Å². The molecule has 106 valence electrons. The number of hydrogen-bond acceptors (Lipinski definition) is 5. The number of nitrogens with two attached hydrogens (primary N) is 1. The average Bonchev–Trinajstić information content (AvgIpc) is 2.39. The van der Waals surface area contributed by atoms with Crippen LogP contribution in [0.2, 0.25) is 0 Å². The number of hydrogen-bond donors (Lipinski definition) is 1. The van der Waals surface area contributed by atoms with E-state index >= 15 is 0 Å². The van der Waals surface area contributed by atoms with E-state index in [0.717, 1.165) is 6.42 Å². The lowest BCUT2D eigenvalue weighted by atomic mass is 10.3. The van der Waals surface area contributed by atoms with Crippen LogP contribution in [0.1, 0.15) is 12.8 Å². The molecule has 0 aliphatic heterocycles. The second-order valence-corrected chi connectivity index (χ2v) is 6.12. The van der Waals surface area contributed by atoms with Gasteiger partial charge in [-0.2, -0.15) is 0 Å². The van der Waals surface area contributed by atoms with Gasteiger partial charge in [-0.1, -0.05) is 0 Å². The van der Waals surface area contributed by atoms with Crippen LogP contribution in [-0.4, -0.2) is 37.8 Å². The largest absolute Gasteiger partial charge is 0.330 e. The Labute approximate surface area is 112 Å². The predicted molar refractivity (Wildman–Crippen MR) is 71.2 cm³/mol. The van der Waals surface area contributed by atoms with Gasteiger partial charge in [-0.05, 0) is 31.5 Å². The zero-order valence-corrected chi connectivity index (χ0v) is 11.5. The highest BCUT2D eigenvalue weighted by molar-refractivity contribution is 7.89. The molecule has 8 heteroatoms. The summed E-state index contributed by atoms with van der Waals surface area (Å²) in [6.07, 6.45) is 1.43. The molecular weight excluding hydrogens is 270 g/mol. The highest BCUT2D eigenvalue weighted by Crippen LogP contribution is 2.18. The molecule has 0 fully saturated rings. The SMILES string of the molecule is CN(CCCCN)S(=O)(=O)c1ccc([N+](=O)[O-])cc1. The molecule has 0 saturated carbocycles. The molecule has 0 bridgehead atoms. The zero-order valence-electron chi connectivity index (χ0n) is 10.7. The smallest absolute Gasteiger partial charge is 0.269 e. The fraction of sp³-hybridized carbons (Fsp3) is 0.455. The van der Waals surface area contributed by atoms with Gasteiger partial charge in [0.15, 0.2) is 0 Å². The molecule has 0 aliphatic rings. The Morgan fingerprint density at radius 1 is 1.26 bits per heavy atom. The van der Waals surface area contributed by atoms with E-state index in [1.54, 1.807) is 0 Å². The number of nitro benzene ring substituents is 1. The minimum absolute atomic E-state index is 0.0494. The van der Waals surface area contributed by atoms with Gasteiger partial charge >= 0.3 is 0 Å². The van der Waals surface area contributed by atoms with Gasteiger partial charge in [0, 0.05) is 25.7 Å². The van der Waals surface area contributed by atoms with E-state index < -0.39 is 14.9 Å². The van der Waals surface area contributed by atoms with Crippen LogP contribution in [0, 0.1) is 10.1 Å². The van der Waals surface area contributed by atoms with Gasteiger partial charge in [0.25, 0.3) is 5.69 Å². The van der Waals surface area contributed by atoms with E-state index in [1.165, 1.54) is 35.6 Å². The van der Waals surface area contributed by atoms with Gasteiger partial charge in [0.2, 0.25) is 10.0 Å². The normalized spacial score (nSPS) is 11.7. The molecule has 1 aromatic rings. The maximum atomic E-state index is 12.1. The topological polar surface area (TPSA) is 107 Å². The predicted octanol–water partition coefficient (Wildman–Crippen LogP) is 0.954. The molecule has 1 rings (SSSR count). The van der Waals surface area contributed by atoms with E-state index in [-0.39, 0.29) is 10.6 Å². The number of rotatable bonds is 7. The van der Waals surface area contributed by atoms with Gasteiger partial charge in [0.05, 0.1) is 9.82 Å². The maximum absolute atomic E-state index is 12.1. The second kappa shape index (κ2) is 6.60. The van der Waals surface area contributed by atoms with Crippen molar-refractivity contribution < 1.29 is 13.3 Å². The van der Waals surface area contributed by atoms with Crippen LogP contribution >= 0.6 is 0 Å². The third kappa shape index (κ3) is 3.98. The molecule has 0 atom stereocenters. The molecule has 0 heterocycles. The summed E-state index contributed by atoms with van der Waals surface area (Å²) in [6.45, 7) is 0.891. The Kier molecular flexibility index (Phi) is 5.40. The Hall–Kier alpha value is -1.51. The summed E-state index contributed by atoms with van der Waals surface area (Å²) in [7, 11) is -2.11. The van der Waals surface area contributed by atoms with Crippen LogP contribution < -0.4 is 5.73 Å². The summed E-state index contributed by atoms with van der Waals surface area (Å²) in [5.74, 6) is 0. The Morgan fingerprint density at radius 2 is 1.84 bits per heavy atom. The third-order valence-corrected chi connectivity index (χ3v) is 4.55. The van der Waals surface area contributed by atoms with Crippen molar-refractivity contribution in [1.82, 2.24) is 4.31 Å². The van der Waals surface area contributed by atoms with Gasteiger partial charge in [-0.15, -0.1) is 0 Å². The molecule has 0 aliphatic carbocycles. The minimum atomic E-state index is -3.59. The number of sulfonamides is 1. The molecule has 7 nitrogen and oxygen atoms in total. The van der Waals surface area contributed by atoms with Crippen LogP contribution in [0.4, 0.5) is 5.69 Å². The number of nitro groups is 1. The summed E-state index contributed by atoms with van der Waals surface area (Å²) in [5, 5.41) is 10.5. The quantitative estimate of drug-likeness (QED) is 0.456. The highest BCUT2D eigenvalue weighted by atomic mass is 32.2.